The molecular formula is C10H8N2OS. The SMILES string of the molecule is O=C(Cc1ccsc1)c1ncccn1. The molecule has 0 saturated carbocycles. The molecule has 2 rings (SSSR count). The number of thiophene rings is 1. The van der Waals surface area contributed by atoms with Crippen LogP contribution in [0.4, 0.5) is 0 Å². The van der Waals surface area contributed by atoms with Crippen LogP contribution in [-0.2, 0) is 6.42 Å². The summed E-state index contributed by atoms with van der Waals surface area (Å²) in [6, 6.07) is 3.63. The van der Waals surface area contributed by atoms with E-state index in [1.165, 1.54) is 0 Å². The summed E-state index contributed by atoms with van der Waals surface area (Å²) in [4.78, 5) is 19.4. The Kier molecular flexibility index (Phi) is 2.65. The van der Waals surface area contributed by atoms with Crippen LogP contribution in [0, 0.1) is 0 Å². The van der Waals surface area contributed by atoms with E-state index in [9.17, 15) is 4.79 Å². The number of aromatic nitrogens is 2. The van der Waals surface area contributed by atoms with Gasteiger partial charge in [-0.25, -0.2) is 9.97 Å². The van der Waals surface area contributed by atoms with Gasteiger partial charge in [0, 0.05) is 18.8 Å². The first-order valence-corrected chi connectivity index (χ1v) is 5.12. The van der Waals surface area contributed by atoms with Crippen molar-refractivity contribution in [3.8, 4) is 0 Å². The molecule has 0 N–H and O–H groups in total. The van der Waals surface area contributed by atoms with E-state index in [0.717, 1.165) is 5.56 Å². The minimum absolute atomic E-state index is 0.0380. The molecule has 0 aromatic carbocycles. The third-order valence-corrected chi connectivity index (χ3v) is 2.49. The quantitative estimate of drug-likeness (QED) is 0.718. The normalized spacial score (nSPS) is 10.0. The van der Waals surface area contributed by atoms with Gasteiger partial charge in [0.25, 0.3) is 0 Å². The van der Waals surface area contributed by atoms with Gasteiger partial charge < -0.3 is 0 Å². The summed E-state index contributed by atoms with van der Waals surface area (Å²) >= 11 is 1.58. The topological polar surface area (TPSA) is 42.9 Å². The molecule has 0 aliphatic carbocycles. The Hall–Kier alpha value is -1.55. The van der Waals surface area contributed by atoms with E-state index in [4.69, 9.17) is 0 Å². The van der Waals surface area contributed by atoms with Gasteiger partial charge in [0.05, 0.1) is 0 Å². The Morgan fingerprint density at radius 2 is 2.14 bits per heavy atom. The summed E-state index contributed by atoms with van der Waals surface area (Å²) in [5.74, 6) is 0.253. The third-order valence-electron chi connectivity index (χ3n) is 1.76. The smallest absolute Gasteiger partial charge is 0.204 e. The zero-order valence-electron chi connectivity index (χ0n) is 7.38. The van der Waals surface area contributed by atoms with Gasteiger partial charge in [-0.15, -0.1) is 0 Å². The lowest BCUT2D eigenvalue weighted by Crippen LogP contribution is -2.07. The number of carbonyl (C=O) groups is 1. The van der Waals surface area contributed by atoms with Crippen LogP contribution in [0.5, 0.6) is 0 Å². The van der Waals surface area contributed by atoms with Crippen LogP contribution < -0.4 is 0 Å². The van der Waals surface area contributed by atoms with E-state index >= 15 is 0 Å². The number of Topliss-reactive ketones (excluding diaryl/α,β-unsaturated/α-hetero) is 1. The second-order valence-electron chi connectivity index (χ2n) is 2.80. The fraction of sp³-hybridized carbons (Fsp3) is 0.100. The van der Waals surface area contributed by atoms with Crippen molar-refractivity contribution in [3.05, 3.63) is 46.7 Å². The Bertz CT molecular complexity index is 411. The van der Waals surface area contributed by atoms with Crippen LogP contribution >= 0.6 is 11.3 Å². The van der Waals surface area contributed by atoms with Crippen molar-refractivity contribution in [2.75, 3.05) is 0 Å². The summed E-state index contributed by atoms with van der Waals surface area (Å²) in [6.07, 6.45) is 3.54. The molecule has 2 aromatic heterocycles. The van der Waals surface area contributed by atoms with Crippen molar-refractivity contribution in [2.24, 2.45) is 0 Å². The molecule has 2 heterocycles. The molecule has 0 spiro atoms. The predicted octanol–water partition coefficient (Wildman–Crippen LogP) is 1.96. The number of ketones is 1. The molecule has 70 valence electrons. The minimum Gasteiger partial charge on any atom is -0.290 e. The Morgan fingerprint density at radius 3 is 2.79 bits per heavy atom. The minimum atomic E-state index is -0.0380. The van der Waals surface area contributed by atoms with Gasteiger partial charge in [0.1, 0.15) is 0 Å². The molecule has 0 bridgehead atoms. The average molecular weight is 204 g/mol. The lowest BCUT2D eigenvalue weighted by atomic mass is 10.2. The summed E-state index contributed by atoms with van der Waals surface area (Å²) < 4.78 is 0. The number of carbonyl (C=O) groups excluding carboxylic acids is 1. The first-order chi connectivity index (χ1) is 6.86. The molecule has 0 saturated heterocycles. The number of hydrogen-bond donors (Lipinski definition) is 0. The summed E-state index contributed by atoms with van der Waals surface area (Å²) in [7, 11) is 0. The van der Waals surface area contributed by atoms with E-state index in [-0.39, 0.29) is 5.78 Å². The number of nitrogens with zero attached hydrogens (tertiary/aromatic N) is 2. The molecule has 0 aliphatic heterocycles. The van der Waals surface area contributed by atoms with Crippen molar-refractivity contribution in [1.29, 1.82) is 0 Å². The van der Waals surface area contributed by atoms with Crippen molar-refractivity contribution in [1.82, 2.24) is 9.97 Å². The second kappa shape index (κ2) is 4.11. The van der Waals surface area contributed by atoms with Gasteiger partial charge in [0.2, 0.25) is 5.78 Å². The summed E-state index contributed by atoms with van der Waals surface area (Å²) in [5.41, 5.74) is 1.02. The average Bonchev–Trinajstić information content (AvgIpc) is 2.72. The third kappa shape index (κ3) is 2.03. The zero-order chi connectivity index (χ0) is 9.80. The highest BCUT2D eigenvalue weighted by Crippen LogP contribution is 2.08. The van der Waals surface area contributed by atoms with E-state index in [2.05, 4.69) is 9.97 Å². The van der Waals surface area contributed by atoms with Crippen LogP contribution in [0.25, 0.3) is 0 Å². The van der Waals surface area contributed by atoms with Crippen LogP contribution in [0.15, 0.2) is 35.3 Å². The van der Waals surface area contributed by atoms with Crippen LogP contribution in [0.1, 0.15) is 16.2 Å². The maximum absolute atomic E-state index is 11.6. The molecule has 0 atom stereocenters. The highest BCUT2D eigenvalue weighted by Gasteiger charge is 2.08. The Morgan fingerprint density at radius 1 is 1.36 bits per heavy atom. The lowest BCUT2D eigenvalue weighted by molar-refractivity contribution is 0.0983. The maximum Gasteiger partial charge on any atom is 0.204 e. The van der Waals surface area contributed by atoms with Crippen molar-refractivity contribution >= 4 is 17.1 Å². The van der Waals surface area contributed by atoms with E-state index in [1.807, 2.05) is 16.8 Å². The van der Waals surface area contributed by atoms with E-state index in [0.29, 0.717) is 12.2 Å². The van der Waals surface area contributed by atoms with E-state index < -0.39 is 0 Å². The fourth-order valence-corrected chi connectivity index (χ4v) is 1.77. The fourth-order valence-electron chi connectivity index (χ4n) is 1.10. The summed E-state index contributed by atoms with van der Waals surface area (Å²) in [5, 5.41) is 3.91. The van der Waals surface area contributed by atoms with Crippen molar-refractivity contribution in [2.45, 2.75) is 6.42 Å². The first-order valence-electron chi connectivity index (χ1n) is 4.17. The number of rotatable bonds is 3. The zero-order valence-corrected chi connectivity index (χ0v) is 8.20. The van der Waals surface area contributed by atoms with E-state index in [1.54, 1.807) is 29.8 Å². The van der Waals surface area contributed by atoms with Crippen LogP contribution in [0.2, 0.25) is 0 Å². The molecule has 0 aliphatic rings. The number of hydrogen-bond acceptors (Lipinski definition) is 4. The molecule has 4 heteroatoms. The monoisotopic (exact) mass is 204 g/mol. The first kappa shape index (κ1) is 9.02. The Balaban J connectivity index is 2.11. The van der Waals surface area contributed by atoms with Gasteiger partial charge in [-0.05, 0) is 28.5 Å². The highest BCUT2D eigenvalue weighted by molar-refractivity contribution is 7.08. The molecule has 0 fully saturated rings. The molecule has 14 heavy (non-hydrogen) atoms. The second-order valence-corrected chi connectivity index (χ2v) is 3.58. The molecule has 0 unspecified atom stereocenters. The Labute approximate surface area is 85.5 Å². The van der Waals surface area contributed by atoms with Gasteiger partial charge in [-0.3, -0.25) is 4.79 Å². The lowest BCUT2D eigenvalue weighted by Gasteiger charge is -1.95. The molecule has 0 amide bonds. The van der Waals surface area contributed by atoms with Gasteiger partial charge in [-0.1, -0.05) is 0 Å². The van der Waals surface area contributed by atoms with Crippen molar-refractivity contribution < 1.29 is 4.79 Å². The predicted molar refractivity (Wildman–Crippen MR) is 54.4 cm³/mol. The standard InChI is InChI=1S/C10H8N2OS/c13-9(6-8-2-5-14-7-8)10-11-3-1-4-12-10/h1-5,7H,6H2. The van der Waals surface area contributed by atoms with Gasteiger partial charge in [-0.2, -0.15) is 11.3 Å². The molecular weight excluding hydrogens is 196 g/mol. The van der Waals surface area contributed by atoms with Gasteiger partial charge in [0.15, 0.2) is 5.82 Å². The van der Waals surface area contributed by atoms with Crippen molar-refractivity contribution in [3.63, 3.8) is 0 Å². The molecule has 0 radical (unpaired) electrons. The van der Waals surface area contributed by atoms with Crippen LogP contribution in [-0.4, -0.2) is 15.8 Å². The summed E-state index contributed by atoms with van der Waals surface area (Å²) in [6.45, 7) is 0. The largest absolute Gasteiger partial charge is 0.290 e. The molecule has 3 nitrogen and oxygen atoms in total. The maximum atomic E-state index is 11.6. The van der Waals surface area contributed by atoms with Crippen LogP contribution in [0.3, 0.4) is 0 Å². The highest BCUT2D eigenvalue weighted by atomic mass is 32.1. The molecule has 2 aromatic rings. The van der Waals surface area contributed by atoms with Gasteiger partial charge >= 0.3 is 0 Å².